The van der Waals surface area contributed by atoms with Crippen LogP contribution in [0.25, 0.3) is 0 Å². The molecule has 0 aromatic carbocycles. The molecule has 2 heteroatoms. The Morgan fingerprint density at radius 3 is 2.32 bits per heavy atom. The monoisotopic (exact) mass is 304 g/mol. The molecule has 0 aromatic rings. The third-order valence-electron chi connectivity index (χ3n) is 5.59. The quantitative estimate of drug-likeness (QED) is 0.387. The van der Waals surface area contributed by atoms with E-state index in [1.54, 1.807) is 0 Å². The van der Waals surface area contributed by atoms with Gasteiger partial charge in [-0.1, -0.05) is 32.6 Å². The minimum atomic E-state index is 0.0462. The highest BCUT2D eigenvalue weighted by Gasteiger charge is 2.30. The molecule has 2 rings (SSSR count). The maximum absolute atomic E-state index is 12.3. The predicted molar refractivity (Wildman–Crippen MR) is 90.3 cm³/mol. The molecule has 0 aromatic heterocycles. The van der Waals surface area contributed by atoms with Crippen molar-refractivity contribution in [3.05, 3.63) is 0 Å². The molecule has 22 heavy (non-hydrogen) atoms. The van der Waals surface area contributed by atoms with Crippen molar-refractivity contribution in [2.75, 3.05) is 0 Å². The Kier molecular flexibility index (Phi) is 7.30. The van der Waals surface area contributed by atoms with Gasteiger partial charge in [0.15, 0.2) is 0 Å². The van der Waals surface area contributed by atoms with Crippen molar-refractivity contribution >= 4 is 5.97 Å². The largest absolute Gasteiger partial charge is 0.462 e. The first-order valence-corrected chi connectivity index (χ1v) is 9.39. The second-order valence-corrected chi connectivity index (χ2v) is 7.29. The van der Waals surface area contributed by atoms with E-state index in [-0.39, 0.29) is 18.0 Å². The molecule has 0 bridgehead atoms. The first kappa shape index (κ1) is 17.4. The predicted octanol–water partition coefficient (Wildman–Crippen LogP) is 5.11. The van der Waals surface area contributed by atoms with Crippen LogP contribution in [0.15, 0.2) is 0 Å². The van der Waals surface area contributed by atoms with Crippen LogP contribution in [0.5, 0.6) is 0 Å². The van der Waals surface area contributed by atoms with Crippen molar-refractivity contribution < 1.29 is 9.53 Å². The fourth-order valence-electron chi connectivity index (χ4n) is 3.98. The highest BCUT2D eigenvalue weighted by Crippen LogP contribution is 2.33. The van der Waals surface area contributed by atoms with E-state index in [1.807, 2.05) is 0 Å². The average molecular weight is 304 g/mol. The lowest BCUT2D eigenvalue weighted by Gasteiger charge is -2.30. The number of terminal acetylenes is 1. The van der Waals surface area contributed by atoms with E-state index in [4.69, 9.17) is 11.2 Å². The zero-order chi connectivity index (χ0) is 15.8. The van der Waals surface area contributed by atoms with Crippen LogP contribution in [0.4, 0.5) is 0 Å². The fraction of sp³-hybridized carbons (Fsp3) is 0.850. The molecular weight excluding hydrogens is 272 g/mol. The van der Waals surface area contributed by atoms with Gasteiger partial charge in [-0.2, -0.15) is 0 Å². The van der Waals surface area contributed by atoms with Crippen LogP contribution >= 0.6 is 0 Å². The Balaban J connectivity index is 1.63. The summed E-state index contributed by atoms with van der Waals surface area (Å²) in [5.41, 5.74) is 0. The van der Waals surface area contributed by atoms with Crippen molar-refractivity contribution in [2.45, 2.75) is 90.1 Å². The average Bonchev–Trinajstić information content (AvgIpc) is 2.57. The fourth-order valence-corrected chi connectivity index (χ4v) is 3.98. The molecule has 0 aliphatic heterocycles. The summed E-state index contributed by atoms with van der Waals surface area (Å²) >= 11 is 0. The van der Waals surface area contributed by atoms with Crippen LogP contribution in [-0.4, -0.2) is 12.1 Å². The minimum absolute atomic E-state index is 0.0462. The normalized spacial score (nSPS) is 32.2. The van der Waals surface area contributed by atoms with Gasteiger partial charge >= 0.3 is 5.97 Å². The molecule has 0 heterocycles. The third-order valence-corrected chi connectivity index (χ3v) is 5.59. The molecule has 0 atom stereocenters. The van der Waals surface area contributed by atoms with Gasteiger partial charge in [-0.3, -0.25) is 4.79 Å². The molecule has 2 fully saturated rings. The van der Waals surface area contributed by atoms with Gasteiger partial charge in [0.1, 0.15) is 6.10 Å². The molecular formula is C20H32O2. The zero-order valence-corrected chi connectivity index (χ0v) is 14.2. The van der Waals surface area contributed by atoms with Gasteiger partial charge in [-0.25, -0.2) is 0 Å². The molecule has 2 nitrogen and oxygen atoms in total. The lowest BCUT2D eigenvalue weighted by molar-refractivity contribution is -0.157. The summed E-state index contributed by atoms with van der Waals surface area (Å²) < 4.78 is 5.78. The summed E-state index contributed by atoms with van der Waals surface area (Å²) in [6.45, 7) is 2.26. The van der Waals surface area contributed by atoms with E-state index in [2.05, 4.69) is 12.8 Å². The highest BCUT2D eigenvalue weighted by atomic mass is 16.5. The van der Waals surface area contributed by atoms with E-state index < -0.39 is 0 Å². The second kappa shape index (κ2) is 9.23. The zero-order valence-electron chi connectivity index (χ0n) is 14.2. The number of hydrogen-bond donors (Lipinski definition) is 0. The van der Waals surface area contributed by atoms with Gasteiger partial charge in [0.05, 0.1) is 5.92 Å². The van der Waals surface area contributed by atoms with Gasteiger partial charge < -0.3 is 4.74 Å². The number of ether oxygens (including phenoxy) is 1. The molecule has 0 N–H and O–H groups in total. The first-order chi connectivity index (χ1) is 10.7. The molecule has 0 radical (unpaired) electrons. The topological polar surface area (TPSA) is 26.3 Å². The van der Waals surface area contributed by atoms with Crippen molar-refractivity contribution in [3.8, 4) is 12.3 Å². The standard InChI is InChI=1S/C20H32O2/c1-3-5-6-7-17-10-14-19(15-11-17)22-20(21)18-12-8-16(4-2)9-13-18/h2,16-19H,3,5-15H2,1H3. The Morgan fingerprint density at radius 2 is 1.73 bits per heavy atom. The molecule has 124 valence electrons. The van der Waals surface area contributed by atoms with Crippen LogP contribution in [0.3, 0.4) is 0 Å². The highest BCUT2D eigenvalue weighted by molar-refractivity contribution is 5.72. The van der Waals surface area contributed by atoms with Crippen molar-refractivity contribution in [2.24, 2.45) is 17.8 Å². The second-order valence-electron chi connectivity index (χ2n) is 7.29. The summed E-state index contributed by atoms with van der Waals surface area (Å²) in [4.78, 5) is 12.3. The summed E-state index contributed by atoms with van der Waals surface area (Å²) in [6, 6.07) is 0. The number of carbonyl (C=O) groups excluding carboxylic acids is 1. The summed E-state index contributed by atoms with van der Waals surface area (Å²) in [5, 5.41) is 0. The summed E-state index contributed by atoms with van der Waals surface area (Å²) in [6.07, 6.45) is 19.5. The maximum Gasteiger partial charge on any atom is 0.309 e. The number of esters is 1. The first-order valence-electron chi connectivity index (χ1n) is 9.39. The van der Waals surface area contributed by atoms with Crippen molar-refractivity contribution in [1.82, 2.24) is 0 Å². The molecule has 0 amide bonds. The number of unbranched alkanes of at least 4 members (excludes halogenated alkanes) is 2. The SMILES string of the molecule is C#CC1CCC(C(=O)OC2CCC(CCCCC)CC2)CC1. The van der Waals surface area contributed by atoms with Gasteiger partial charge in [0.25, 0.3) is 0 Å². The Labute approximate surface area is 136 Å². The Bertz CT molecular complexity index is 366. The van der Waals surface area contributed by atoms with E-state index in [9.17, 15) is 4.79 Å². The third kappa shape index (κ3) is 5.34. The van der Waals surface area contributed by atoms with Crippen LogP contribution in [0.1, 0.15) is 84.0 Å². The number of hydrogen-bond acceptors (Lipinski definition) is 2. The molecule has 2 aliphatic rings. The lowest BCUT2D eigenvalue weighted by Crippen LogP contribution is -2.30. The lowest BCUT2D eigenvalue weighted by atomic mass is 9.82. The van der Waals surface area contributed by atoms with Crippen LogP contribution in [-0.2, 0) is 9.53 Å². The van der Waals surface area contributed by atoms with E-state index >= 15 is 0 Å². The molecule has 0 spiro atoms. The van der Waals surface area contributed by atoms with Crippen LogP contribution < -0.4 is 0 Å². The molecule has 2 saturated carbocycles. The Morgan fingerprint density at radius 1 is 1.05 bits per heavy atom. The molecule has 2 aliphatic carbocycles. The van der Waals surface area contributed by atoms with Gasteiger partial charge in [0, 0.05) is 5.92 Å². The smallest absolute Gasteiger partial charge is 0.309 e. The van der Waals surface area contributed by atoms with E-state index in [1.165, 1.54) is 38.5 Å². The number of rotatable bonds is 6. The van der Waals surface area contributed by atoms with Crippen molar-refractivity contribution in [3.63, 3.8) is 0 Å². The van der Waals surface area contributed by atoms with E-state index in [0.29, 0.717) is 5.92 Å². The maximum atomic E-state index is 12.3. The summed E-state index contributed by atoms with van der Waals surface area (Å²) in [5.74, 6) is 4.21. The van der Waals surface area contributed by atoms with Crippen LogP contribution in [0.2, 0.25) is 0 Å². The van der Waals surface area contributed by atoms with Gasteiger partial charge in [-0.15, -0.1) is 12.3 Å². The van der Waals surface area contributed by atoms with Gasteiger partial charge in [0.2, 0.25) is 0 Å². The molecule has 0 saturated heterocycles. The van der Waals surface area contributed by atoms with E-state index in [0.717, 1.165) is 44.4 Å². The van der Waals surface area contributed by atoms with Gasteiger partial charge in [-0.05, 0) is 57.3 Å². The summed E-state index contributed by atoms with van der Waals surface area (Å²) in [7, 11) is 0. The van der Waals surface area contributed by atoms with Crippen molar-refractivity contribution in [1.29, 1.82) is 0 Å². The Hall–Kier alpha value is -0.970. The molecule has 0 unspecified atom stereocenters. The van der Waals surface area contributed by atoms with Crippen LogP contribution in [0, 0.1) is 30.1 Å². The number of carbonyl (C=O) groups is 1. The minimum Gasteiger partial charge on any atom is -0.462 e.